The molecule has 1 rings (SSSR count). The van der Waals surface area contributed by atoms with Crippen LogP contribution in [0.3, 0.4) is 0 Å². The number of quaternary nitrogens is 1. The number of rotatable bonds is 16. The number of benzene rings is 1. The Balaban J connectivity index is 0.00000625. The van der Waals surface area contributed by atoms with E-state index < -0.39 is 0 Å². The van der Waals surface area contributed by atoms with Gasteiger partial charge in [0, 0.05) is 0 Å². The molecule has 1 nitrogen and oxygen atoms in total. The Labute approximate surface area is 170 Å². The molecule has 0 fully saturated rings. The van der Waals surface area contributed by atoms with Crippen LogP contribution in [0.25, 0.3) is 0 Å². The highest BCUT2D eigenvalue weighted by atomic mass is 35.5. The zero-order chi connectivity index (χ0) is 18.2. The molecule has 0 bridgehead atoms. The molecule has 0 spiro atoms. The molecule has 0 N–H and O–H groups in total. The maximum Gasteiger partial charge on any atom is 0.132 e. The highest BCUT2D eigenvalue weighted by molar-refractivity contribution is 5.42. The van der Waals surface area contributed by atoms with E-state index in [9.17, 15) is 0 Å². The van der Waals surface area contributed by atoms with Crippen LogP contribution in [-0.2, 0) is 0 Å². The van der Waals surface area contributed by atoms with Gasteiger partial charge in [0.1, 0.15) is 5.69 Å². The molecule has 1 aromatic rings. The summed E-state index contributed by atoms with van der Waals surface area (Å²) in [5, 5.41) is 0. The summed E-state index contributed by atoms with van der Waals surface area (Å²) in [5.41, 5.74) is 1.53. The van der Waals surface area contributed by atoms with Gasteiger partial charge >= 0.3 is 0 Å². The van der Waals surface area contributed by atoms with Crippen molar-refractivity contribution in [3.63, 3.8) is 0 Å². The first-order valence-corrected chi connectivity index (χ1v) is 11.2. The van der Waals surface area contributed by atoms with E-state index in [1.54, 1.807) is 0 Å². The lowest BCUT2D eigenvalue weighted by Crippen LogP contribution is -3.00. The molecule has 0 atom stereocenters. The van der Waals surface area contributed by atoms with E-state index in [-0.39, 0.29) is 12.4 Å². The van der Waals surface area contributed by atoms with Gasteiger partial charge in [0.15, 0.2) is 0 Å². The predicted octanol–water partition coefficient (Wildman–Crippen LogP) is 4.74. The first-order valence-electron chi connectivity index (χ1n) is 11.2. The number of hydrogen-bond acceptors (Lipinski definition) is 0. The summed E-state index contributed by atoms with van der Waals surface area (Å²) in [6, 6.07) is 11.3. The van der Waals surface area contributed by atoms with Gasteiger partial charge in [0.25, 0.3) is 0 Å². The Morgan fingerprint density at radius 3 is 1.46 bits per heavy atom. The summed E-state index contributed by atoms with van der Waals surface area (Å²) in [4.78, 5) is 0. The minimum atomic E-state index is 0. The highest BCUT2D eigenvalue weighted by Crippen LogP contribution is 2.25. The Kier molecular flexibility index (Phi) is 16.3. The van der Waals surface area contributed by atoms with E-state index in [0.29, 0.717) is 0 Å². The molecular formula is C24H44ClN. The van der Waals surface area contributed by atoms with Crippen molar-refractivity contribution in [2.75, 3.05) is 19.6 Å². The first kappa shape index (κ1) is 25.5. The van der Waals surface area contributed by atoms with Crippen LogP contribution >= 0.6 is 0 Å². The summed E-state index contributed by atoms with van der Waals surface area (Å²) in [6.07, 6.45) is 16.8. The predicted molar refractivity (Wildman–Crippen MR) is 115 cm³/mol. The maximum atomic E-state index is 2.35. The standard InChI is InChI=1S/C24H44N.ClH/c1-4-7-8-9-10-11-12-13-14-18-23-25(21-5-2,22-6-3)24-19-16-15-17-20-24;/h15-17,19-20H,4-14,18,21-23H2,1-3H3;1H/q+1;/p-1. The molecule has 0 aliphatic carbocycles. The van der Waals surface area contributed by atoms with Crippen molar-refractivity contribution in [2.45, 2.75) is 97.8 Å². The number of nitrogens with zero attached hydrogens (tertiary/aromatic N) is 1. The zero-order valence-corrected chi connectivity index (χ0v) is 18.6. The van der Waals surface area contributed by atoms with Crippen LogP contribution in [0.15, 0.2) is 30.3 Å². The Hall–Kier alpha value is -0.530. The van der Waals surface area contributed by atoms with Crippen LogP contribution in [0.2, 0.25) is 0 Å². The third kappa shape index (κ3) is 9.97. The van der Waals surface area contributed by atoms with Crippen molar-refractivity contribution in [2.24, 2.45) is 0 Å². The molecule has 2 heteroatoms. The fourth-order valence-electron chi connectivity index (χ4n) is 4.22. The van der Waals surface area contributed by atoms with Gasteiger partial charge in [-0.15, -0.1) is 0 Å². The quantitative estimate of drug-likeness (QED) is 0.286. The third-order valence-electron chi connectivity index (χ3n) is 5.55. The molecule has 152 valence electrons. The molecule has 0 saturated carbocycles. The van der Waals surface area contributed by atoms with Gasteiger partial charge in [0.05, 0.1) is 19.6 Å². The van der Waals surface area contributed by atoms with Crippen LogP contribution in [0.4, 0.5) is 5.69 Å². The molecule has 0 saturated heterocycles. The largest absolute Gasteiger partial charge is 1.00 e. The molecule has 0 unspecified atom stereocenters. The molecule has 1 aromatic carbocycles. The van der Waals surface area contributed by atoms with E-state index in [1.165, 1.54) is 107 Å². The minimum Gasteiger partial charge on any atom is -1.00 e. The minimum absolute atomic E-state index is 0. The summed E-state index contributed by atoms with van der Waals surface area (Å²) in [7, 11) is 0. The van der Waals surface area contributed by atoms with Crippen LogP contribution in [0, 0.1) is 0 Å². The van der Waals surface area contributed by atoms with E-state index in [2.05, 4.69) is 51.1 Å². The number of halogens is 1. The van der Waals surface area contributed by atoms with Gasteiger partial charge < -0.3 is 12.4 Å². The fourth-order valence-corrected chi connectivity index (χ4v) is 4.22. The topological polar surface area (TPSA) is 0 Å². The van der Waals surface area contributed by atoms with Gasteiger partial charge in [-0.3, -0.25) is 4.48 Å². The van der Waals surface area contributed by atoms with Crippen molar-refractivity contribution in [1.29, 1.82) is 0 Å². The Bertz CT molecular complexity index is 398. The van der Waals surface area contributed by atoms with Gasteiger partial charge in [-0.05, 0) is 37.8 Å². The fraction of sp³-hybridized carbons (Fsp3) is 0.750. The van der Waals surface area contributed by atoms with Crippen LogP contribution in [0.1, 0.15) is 97.8 Å². The number of hydrogen-bond donors (Lipinski definition) is 0. The van der Waals surface area contributed by atoms with Gasteiger partial charge in [0.2, 0.25) is 0 Å². The number of para-hydroxylation sites is 1. The second kappa shape index (κ2) is 16.6. The van der Waals surface area contributed by atoms with Crippen LogP contribution in [0.5, 0.6) is 0 Å². The Morgan fingerprint density at radius 1 is 0.538 bits per heavy atom. The van der Waals surface area contributed by atoms with Gasteiger partial charge in [-0.1, -0.05) is 90.3 Å². The third-order valence-corrected chi connectivity index (χ3v) is 5.55. The van der Waals surface area contributed by atoms with Crippen LogP contribution < -0.4 is 16.9 Å². The van der Waals surface area contributed by atoms with Crippen molar-refractivity contribution in [1.82, 2.24) is 4.48 Å². The van der Waals surface area contributed by atoms with Crippen molar-refractivity contribution in [3.05, 3.63) is 30.3 Å². The lowest BCUT2D eigenvalue weighted by atomic mass is 10.1. The molecule has 0 amide bonds. The Morgan fingerprint density at radius 2 is 1.00 bits per heavy atom. The average Bonchev–Trinajstić information content (AvgIpc) is 2.64. The molecule has 26 heavy (non-hydrogen) atoms. The second-order valence-corrected chi connectivity index (χ2v) is 7.83. The molecule has 0 aliphatic rings. The molecule has 0 radical (unpaired) electrons. The lowest BCUT2D eigenvalue weighted by Gasteiger charge is -2.38. The normalized spacial score (nSPS) is 11.3. The first-order chi connectivity index (χ1) is 12.3. The molecule has 0 heterocycles. The number of unbranched alkanes of at least 4 members (excludes halogenated alkanes) is 9. The molecular weight excluding hydrogens is 338 g/mol. The van der Waals surface area contributed by atoms with Crippen molar-refractivity contribution >= 4 is 5.69 Å². The van der Waals surface area contributed by atoms with Gasteiger partial charge in [-0.2, -0.15) is 0 Å². The molecule has 0 aromatic heterocycles. The summed E-state index contributed by atoms with van der Waals surface area (Å²) < 4.78 is 1.20. The average molecular weight is 382 g/mol. The monoisotopic (exact) mass is 381 g/mol. The summed E-state index contributed by atoms with van der Waals surface area (Å²) >= 11 is 0. The van der Waals surface area contributed by atoms with E-state index in [1.807, 2.05) is 0 Å². The lowest BCUT2D eigenvalue weighted by molar-refractivity contribution is -0.00000554. The zero-order valence-electron chi connectivity index (χ0n) is 17.8. The smallest absolute Gasteiger partial charge is 0.132 e. The SMILES string of the molecule is CCCCCCCCCCCC[N+](CCC)(CCC)c1ccccc1.[Cl-]. The van der Waals surface area contributed by atoms with E-state index >= 15 is 0 Å². The van der Waals surface area contributed by atoms with Crippen molar-refractivity contribution < 1.29 is 12.4 Å². The summed E-state index contributed by atoms with van der Waals surface area (Å²) in [6.45, 7) is 10.9. The highest BCUT2D eigenvalue weighted by Gasteiger charge is 2.27. The maximum absolute atomic E-state index is 2.35. The summed E-state index contributed by atoms with van der Waals surface area (Å²) in [5.74, 6) is 0. The van der Waals surface area contributed by atoms with Crippen LogP contribution in [-0.4, -0.2) is 19.6 Å². The second-order valence-electron chi connectivity index (χ2n) is 7.83. The van der Waals surface area contributed by atoms with Gasteiger partial charge in [-0.25, -0.2) is 0 Å². The molecule has 0 aliphatic heterocycles. The van der Waals surface area contributed by atoms with E-state index in [4.69, 9.17) is 0 Å². The van der Waals surface area contributed by atoms with Crippen molar-refractivity contribution in [3.8, 4) is 0 Å². The van der Waals surface area contributed by atoms with E-state index in [0.717, 1.165) is 0 Å².